The number of nitrogens with zero attached hydrogens (tertiary/aromatic N) is 1. The molecule has 2 aliphatic heterocycles. The number of piperidine rings is 1. The molecule has 146 valence electrons. The van der Waals surface area contributed by atoms with Crippen molar-refractivity contribution in [2.45, 2.75) is 38.1 Å². The van der Waals surface area contributed by atoms with E-state index in [0.29, 0.717) is 44.0 Å². The van der Waals surface area contributed by atoms with Crippen molar-refractivity contribution < 1.29 is 23.9 Å². The van der Waals surface area contributed by atoms with Crippen LogP contribution in [-0.4, -0.2) is 55.7 Å². The van der Waals surface area contributed by atoms with Crippen LogP contribution in [-0.2, 0) is 14.3 Å². The van der Waals surface area contributed by atoms with Gasteiger partial charge in [-0.2, -0.15) is 0 Å². The second-order valence-electron chi connectivity index (χ2n) is 6.73. The molecule has 0 aromatic heterocycles. The normalized spacial score (nSPS) is 19.7. The number of ether oxygens (including phenoxy) is 2. The molecule has 2 aliphatic rings. The van der Waals surface area contributed by atoms with Crippen LogP contribution in [0.25, 0.3) is 0 Å². The molecule has 8 nitrogen and oxygen atoms in total. The second kappa shape index (κ2) is 8.28. The summed E-state index contributed by atoms with van der Waals surface area (Å²) in [5.74, 6) is -0.253. The molecule has 8 heteroatoms. The minimum Gasteiger partial charge on any atom is -0.497 e. The molecule has 1 atom stereocenters. The quantitative estimate of drug-likeness (QED) is 0.837. The molecule has 1 aromatic rings. The predicted octanol–water partition coefficient (Wildman–Crippen LogP) is 1.86. The van der Waals surface area contributed by atoms with Crippen LogP contribution in [0, 0.1) is 0 Å². The van der Waals surface area contributed by atoms with Gasteiger partial charge in [-0.25, -0.2) is 4.79 Å². The van der Waals surface area contributed by atoms with Gasteiger partial charge in [0.15, 0.2) is 0 Å². The van der Waals surface area contributed by atoms with E-state index in [1.165, 1.54) is 0 Å². The average molecular weight is 375 g/mol. The molecule has 27 heavy (non-hydrogen) atoms. The fraction of sp³-hybridized carbons (Fsp3) is 0.526. The molecule has 1 aromatic carbocycles. The van der Waals surface area contributed by atoms with Crippen molar-refractivity contribution in [2.75, 3.05) is 32.1 Å². The van der Waals surface area contributed by atoms with Gasteiger partial charge in [0, 0.05) is 31.2 Å². The van der Waals surface area contributed by atoms with Crippen LogP contribution in [0.15, 0.2) is 18.2 Å². The van der Waals surface area contributed by atoms with Crippen LogP contribution >= 0.6 is 0 Å². The molecular formula is C19H25N3O5. The predicted molar refractivity (Wildman–Crippen MR) is 98.7 cm³/mol. The van der Waals surface area contributed by atoms with Crippen molar-refractivity contribution in [3.8, 4) is 5.75 Å². The lowest BCUT2D eigenvalue weighted by Gasteiger charge is -2.33. The van der Waals surface area contributed by atoms with Crippen LogP contribution in [0.5, 0.6) is 5.75 Å². The van der Waals surface area contributed by atoms with Crippen LogP contribution in [0.4, 0.5) is 10.5 Å². The Morgan fingerprint density at radius 2 is 2.04 bits per heavy atom. The zero-order chi connectivity index (χ0) is 19.4. The van der Waals surface area contributed by atoms with Gasteiger partial charge < -0.3 is 25.0 Å². The fourth-order valence-corrected chi connectivity index (χ4v) is 3.52. The topological polar surface area (TPSA) is 97.0 Å². The molecule has 2 N–H and O–H groups in total. The number of amides is 3. The maximum absolute atomic E-state index is 12.9. The van der Waals surface area contributed by atoms with E-state index in [2.05, 4.69) is 10.6 Å². The fourth-order valence-electron chi connectivity index (χ4n) is 3.52. The highest BCUT2D eigenvalue weighted by molar-refractivity contribution is 6.01. The Morgan fingerprint density at radius 1 is 1.30 bits per heavy atom. The number of carbonyl (C=O) groups is 3. The van der Waals surface area contributed by atoms with Gasteiger partial charge in [0.1, 0.15) is 5.75 Å². The number of fused-ring (bicyclic) bond motifs is 1. The number of carbonyl (C=O) groups excluding carboxylic acids is 3. The molecule has 0 saturated carbocycles. The van der Waals surface area contributed by atoms with Gasteiger partial charge in [-0.05, 0) is 43.5 Å². The molecule has 0 spiro atoms. The molecule has 3 rings (SSSR count). The SMILES string of the molecule is CCOC(=O)N1CCC(NC(=O)[C@H]2CC(=O)Nc3ccc(OC)cc32)CC1. The van der Waals surface area contributed by atoms with Crippen molar-refractivity contribution >= 4 is 23.6 Å². The Kier molecular flexibility index (Phi) is 5.83. The average Bonchev–Trinajstić information content (AvgIpc) is 2.67. The first-order valence-electron chi connectivity index (χ1n) is 9.21. The first-order valence-corrected chi connectivity index (χ1v) is 9.21. The summed E-state index contributed by atoms with van der Waals surface area (Å²) in [7, 11) is 1.57. The van der Waals surface area contributed by atoms with Crippen LogP contribution in [0.2, 0.25) is 0 Å². The van der Waals surface area contributed by atoms with Gasteiger partial charge in [0.25, 0.3) is 0 Å². The first kappa shape index (κ1) is 19.0. The van der Waals surface area contributed by atoms with E-state index < -0.39 is 5.92 Å². The van der Waals surface area contributed by atoms with E-state index in [9.17, 15) is 14.4 Å². The Labute approximate surface area is 158 Å². The summed E-state index contributed by atoms with van der Waals surface area (Å²) in [5, 5.41) is 5.84. The summed E-state index contributed by atoms with van der Waals surface area (Å²) in [6.07, 6.45) is 1.11. The molecule has 0 aliphatic carbocycles. The number of anilines is 1. The first-order chi connectivity index (χ1) is 13.0. The monoisotopic (exact) mass is 375 g/mol. The van der Waals surface area contributed by atoms with E-state index in [1.54, 1.807) is 37.1 Å². The number of nitrogens with one attached hydrogen (secondary N) is 2. The van der Waals surface area contributed by atoms with E-state index in [1.807, 2.05) is 0 Å². The Morgan fingerprint density at radius 3 is 2.70 bits per heavy atom. The maximum Gasteiger partial charge on any atom is 0.409 e. The van der Waals surface area contributed by atoms with Gasteiger partial charge >= 0.3 is 6.09 Å². The van der Waals surface area contributed by atoms with Gasteiger partial charge in [-0.3, -0.25) is 9.59 Å². The Balaban J connectivity index is 1.64. The number of hydrogen-bond donors (Lipinski definition) is 2. The highest BCUT2D eigenvalue weighted by Gasteiger charge is 2.33. The number of rotatable bonds is 4. The highest BCUT2D eigenvalue weighted by atomic mass is 16.6. The molecular weight excluding hydrogens is 350 g/mol. The van der Waals surface area contributed by atoms with Crippen molar-refractivity contribution in [1.29, 1.82) is 0 Å². The summed E-state index contributed by atoms with van der Waals surface area (Å²) in [6.45, 7) is 3.21. The summed E-state index contributed by atoms with van der Waals surface area (Å²) in [5.41, 5.74) is 1.40. The number of hydrogen-bond acceptors (Lipinski definition) is 5. The van der Waals surface area contributed by atoms with E-state index >= 15 is 0 Å². The second-order valence-corrected chi connectivity index (χ2v) is 6.73. The van der Waals surface area contributed by atoms with Crippen molar-refractivity contribution in [2.24, 2.45) is 0 Å². The van der Waals surface area contributed by atoms with Crippen LogP contribution in [0.3, 0.4) is 0 Å². The molecule has 1 saturated heterocycles. The summed E-state index contributed by atoms with van der Waals surface area (Å²) in [6, 6.07) is 5.28. The largest absolute Gasteiger partial charge is 0.497 e. The zero-order valence-electron chi connectivity index (χ0n) is 15.6. The number of benzene rings is 1. The van der Waals surface area contributed by atoms with Gasteiger partial charge in [0.2, 0.25) is 11.8 Å². The summed E-state index contributed by atoms with van der Waals surface area (Å²) in [4.78, 5) is 38.3. The minimum atomic E-state index is -0.549. The third-order valence-corrected chi connectivity index (χ3v) is 4.98. The molecule has 1 fully saturated rings. The maximum atomic E-state index is 12.9. The van der Waals surface area contributed by atoms with Crippen molar-refractivity contribution in [3.63, 3.8) is 0 Å². The zero-order valence-corrected chi connectivity index (χ0v) is 15.6. The van der Waals surface area contributed by atoms with Gasteiger partial charge in [0.05, 0.1) is 19.6 Å². The third kappa shape index (κ3) is 4.32. The van der Waals surface area contributed by atoms with Gasteiger partial charge in [-0.15, -0.1) is 0 Å². The van der Waals surface area contributed by atoms with Crippen molar-refractivity contribution in [3.05, 3.63) is 23.8 Å². The van der Waals surface area contributed by atoms with E-state index in [0.717, 1.165) is 5.56 Å². The minimum absolute atomic E-state index is 0.0257. The molecule has 0 unspecified atom stereocenters. The molecule has 3 amide bonds. The smallest absolute Gasteiger partial charge is 0.409 e. The molecule has 2 heterocycles. The lowest BCUT2D eigenvalue weighted by atomic mass is 9.89. The van der Waals surface area contributed by atoms with Gasteiger partial charge in [-0.1, -0.05) is 0 Å². The third-order valence-electron chi connectivity index (χ3n) is 4.98. The number of methoxy groups -OCH3 is 1. The molecule has 0 radical (unpaired) electrons. The van der Waals surface area contributed by atoms with E-state index in [4.69, 9.17) is 9.47 Å². The van der Waals surface area contributed by atoms with Crippen LogP contribution < -0.4 is 15.4 Å². The van der Waals surface area contributed by atoms with Crippen molar-refractivity contribution in [1.82, 2.24) is 10.2 Å². The standard InChI is InChI=1S/C19H25N3O5/c1-3-27-19(25)22-8-6-12(7-9-22)20-18(24)15-11-17(23)21-16-5-4-13(26-2)10-14(15)16/h4-5,10,12,15H,3,6-9,11H2,1-2H3,(H,20,24)(H,21,23)/t15-/m0/s1. The Bertz CT molecular complexity index is 728. The summed E-state index contributed by atoms with van der Waals surface area (Å²) >= 11 is 0. The Hall–Kier alpha value is -2.77. The summed E-state index contributed by atoms with van der Waals surface area (Å²) < 4.78 is 10.3. The lowest BCUT2D eigenvalue weighted by molar-refractivity contribution is -0.127. The van der Waals surface area contributed by atoms with E-state index in [-0.39, 0.29) is 30.4 Å². The molecule has 0 bridgehead atoms. The highest BCUT2D eigenvalue weighted by Crippen LogP contribution is 2.35. The number of likely N-dealkylation sites (tertiary alicyclic amines) is 1. The lowest BCUT2D eigenvalue weighted by Crippen LogP contribution is -2.48. The van der Waals surface area contributed by atoms with Crippen LogP contribution in [0.1, 0.15) is 37.7 Å².